The van der Waals surface area contributed by atoms with Crippen LogP contribution >= 0.6 is 11.3 Å². The molecule has 1 aromatic heterocycles. The second-order valence-electron chi connectivity index (χ2n) is 4.87. The molecule has 1 aliphatic rings. The topological polar surface area (TPSA) is 104 Å². The minimum Gasteiger partial charge on any atom is -0.396 e. The Morgan fingerprint density at radius 2 is 2.35 bits per heavy atom. The van der Waals surface area contributed by atoms with E-state index in [0.29, 0.717) is 24.5 Å². The van der Waals surface area contributed by atoms with Crippen molar-refractivity contribution in [3.63, 3.8) is 0 Å². The van der Waals surface area contributed by atoms with Crippen molar-refractivity contribution < 1.29 is 9.90 Å². The third-order valence-corrected chi connectivity index (χ3v) is 4.26. The number of nitrogen functional groups attached to an aromatic ring is 1. The van der Waals surface area contributed by atoms with Gasteiger partial charge in [-0.15, -0.1) is 10.2 Å². The SMILES string of the molecule is Nc1nnc(CCNC(=O)N2CCCC[C@H]2CCO)s1. The Labute approximate surface area is 122 Å². The number of nitrogens with one attached hydrogen (secondary N) is 1. The van der Waals surface area contributed by atoms with E-state index in [-0.39, 0.29) is 18.7 Å². The molecule has 0 bridgehead atoms. The summed E-state index contributed by atoms with van der Waals surface area (Å²) in [6, 6.07) is 0.103. The third-order valence-electron chi connectivity index (χ3n) is 3.45. The molecule has 0 spiro atoms. The summed E-state index contributed by atoms with van der Waals surface area (Å²) >= 11 is 1.34. The Balaban J connectivity index is 1.77. The first-order valence-corrected chi connectivity index (χ1v) is 7.75. The van der Waals surface area contributed by atoms with Crippen LogP contribution in [-0.4, -0.2) is 52.0 Å². The number of aromatic nitrogens is 2. The summed E-state index contributed by atoms with van der Waals surface area (Å²) in [6.45, 7) is 1.41. The lowest BCUT2D eigenvalue weighted by Crippen LogP contribution is -2.49. The van der Waals surface area contributed by atoms with Crippen LogP contribution in [-0.2, 0) is 6.42 Å². The average molecular weight is 299 g/mol. The second kappa shape index (κ2) is 7.39. The number of rotatable bonds is 5. The number of piperidine rings is 1. The van der Waals surface area contributed by atoms with Crippen molar-refractivity contribution in [2.24, 2.45) is 0 Å². The molecule has 0 aromatic carbocycles. The molecule has 1 aromatic rings. The van der Waals surface area contributed by atoms with Crippen molar-refractivity contribution in [3.8, 4) is 0 Å². The molecule has 2 amide bonds. The molecule has 8 heteroatoms. The van der Waals surface area contributed by atoms with Crippen molar-refractivity contribution in [1.82, 2.24) is 20.4 Å². The lowest BCUT2D eigenvalue weighted by molar-refractivity contribution is 0.132. The predicted octanol–water partition coefficient (Wildman–Crippen LogP) is 0.609. The van der Waals surface area contributed by atoms with Gasteiger partial charge in [-0.05, 0) is 25.7 Å². The molecule has 0 unspecified atom stereocenters. The summed E-state index contributed by atoms with van der Waals surface area (Å²) in [7, 11) is 0. The van der Waals surface area contributed by atoms with Crippen LogP contribution in [0.15, 0.2) is 0 Å². The highest BCUT2D eigenvalue weighted by atomic mass is 32.1. The fourth-order valence-electron chi connectivity index (χ4n) is 2.46. The van der Waals surface area contributed by atoms with E-state index >= 15 is 0 Å². The maximum atomic E-state index is 12.2. The molecular formula is C12H21N5O2S. The van der Waals surface area contributed by atoms with E-state index in [0.717, 1.165) is 30.8 Å². The molecular weight excluding hydrogens is 278 g/mol. The third kappa shape index (κ3) is 4.04. The molecule has 0 aliphatic carbocycles. The van der Waals surface area contributed by atoms with Gasteiger partial charge in [0.2, 0.25) is 5.13 Å². The minimum absolute atomic E-state index is 0.0550. The van der Waals surface area contributed by atoms with Gasteiger partial charge in [0.25, 0.3) is 0 Å². The van der Waals surface area contributed by atoms with Gasteiger partial charge in [-0.1, -0.05) is 11.3 Å². The van der Waals surface area contributed by atoms with E-state index in [1.165, 1.54) is 11.3 Å². The second-order valence-corrected chi connectivity index (χ2v) is 5.96. The minimum atomic E-state index is -0.0550. The van der Waals surface area contributed by atoms with Crippen LogP contribution in [0.1, 0.15) is 30.7 Å². The molecule has 7 nitrogen and oxygen atoms in total. The molecule has 1 fully saturated rings. The number of hydrogen-bond acceptors (Lipinski definition) is 6. The molecule has 4 N–H and O–H groups in total. The zero-order chi connectivity index (χ0) is 14.4. The first-order valence-electron chi connectivity index (χ1n) is 6.94. The molecule has 1 atom stereocenters. The number of carbonyl (C=O) groups excluding carboxylic acids is 1. The van der Waals surface area contributed by atoms with E-state index in [2.05, 4.69) is 15.5 Å². The zero-order valence-electron chi connectivity index (χ0n) is 11.4. The van der Waals surface area contributed by atoms with Gasteiger partial charge in [0.05, 0.1) is 0 Å². The van der Waals surface area contributed by atoms with E-state index in [1.807, 2.05) is 4.90 Å². The molecule has 1 saturated heterocycles. The van der Waals surface area contributed by atoms with Crippen LogP contribution in [0.5, 0.6) is 0 Å². The smallest absolute Gasteiger partial charge is 0.317 e. The number of nitrogens with two attached hydrogens (primary N) is 1. The summed E-state index contributed by atoms with van der Waals surface area (Å²) in [4.78, 5) is 14.0. The quantitative estimate of drug-likeness (QED) is 0.739. The van der Waals surface area contributed by atoms with Crippen LogP contribution in [0, 0.1) is 0 Å². The summed E-state index contributed by atoms with van der Waals surface area (Å²) in [5.74, 6) is 0. The lowest BCUT2D eigenvalue weighted by atomic mass is 10.0. The van der Waals surface area contributed by atoms with Gasteiger partial charge in [0.15, 0.2) is 0 Å². The highest BCUT2D eigenvalue weighted by Gasteiger charge is 2.25. The standard InChI is InChI=1S/C12H21N5O2S/c13-11-16-15-10(20-11)4-6-14-12(19)17-7-2-1-3-9(17)5-8-18/h9,18H,1-8H2,(H2,13,16)(H,14,19)/t9-/m0/s1. The number of anilines is 1. The largest absolute Gasteiger partial charge is 0.396 e. The number of aliphatic hydroxyl groups excluding tert-OH is 1. The Morgan fingerprint density at radius 1 is 1.50 bits per heavy atom. The number of carbonyl (C=O) groups is 1. The van der Waals surface area contributed by atoms with E-state index < -0.39 is 0 Å². The van der Waals surface area contributed by atoms with Crippen molar-refractivity contribution in [2.75, 3.05) is 25.4 Å². The monoisotopic (exact) mass is 299 g/mol. The van der Waals surface area contributed by atoms with Crippen LogP contribution in [0.3, 0.4) is 0 Å². The van der Waals surface area contributed by atoms with Crippen molar-refractivity contribution in [2.45, 2.75) is 38.1 Å². The van der Waals surface area contributed by atoms with E-state index in [4.69, 9.17) is 10.8 Å². The first-order chi connectivity index (χ1) is 9.70. The number of urea groups is 1. The molecule has 0 saturated carbocycles. The predicted molar refractivity (Wildman–Crippen MR) is 77.5 cm³/mol. The van der Waals surface area contributed by atoms with Gasteiger partial charge in [0.1, 0.15) is 5.01 Å². The molecule has 2 heterocycles. The van der Waals surface area contributed by atoms with E-state index in [9.17, 15) is 4.79 Å². The highest BCUT2D eigenvalue weighted by molar-refractivity contribution is 7.15. The number of amides is 2. The normalized spacial score (nSPS) is 19.1. The van der Waals surface area contributed by atoms with Gasteiger partial charge < -0.3 is 21.1 Å². The first kappa shape index (κ1) is 15.0. The molecule has 112 valence electrons. The maximum Gasteiger partial charge on any atom is 0.317 e. The Bertz CT molecular complexity index is 437. The number of aliphatic hydroxyl groups is 1. The maximum absolute atomic E-state index is 12.2. The zero-order valence-corrected chi connectivity index (χ0v) is 12.2. The van der Waals surface area contributed by atoms with Crippen LogP contribution in [0.4, 0.5) is 9.93 Å². The Hall–Kier alpha value is -1.41. The van der Waals surface area contributed by atoms with Gasteiger partial charge >= 0.3 is 6.03 Å². The molecule has 2 rings (SSSR count). The van der Waals surface area contributed by atoms with Crippen molar-refractivity contribution in [3.05, 3.63) is 5.01 Å². The van der Waals surface area contributed by atoms with Crippen LogP contribution < -0.4 is 11.1 Å². The van der Waals surface area contributed by atoms with Crippen LogP contribution in [0.25, 0.3) is 0 Å². The van der Waals surface area contributed by atoms with Gasteiger partial charge in [-0.2, -0.15) is 0 Å². The molecule has 1 aliphatic heterocycles. The summed E-state index contributed by atoms with van der Waals surface area (Å²) in [5, 5.41) is 20.9. The Kier molecular flexibility index (Phi) is 5.54. The molecule has 20 heavy (non-hydrogen) atoms. The highest BCUT2D eigenvalue weighted by Crippen LogP contribution is 2.19. The number of nitrogens with zero attached hydrogens (tertiary/aromatic N) is 3. The van der Waals surface area contributed by atoms with Crippen LogP contribution in [0.2, 0.25) is 0 Å². The fourth-order valence-corrected chi connectivity index (χ4v) is 3.07. The molecule has 0 radical (unpaired) electrons. The lowest BCUT2D eigenvalue weighted by Gasteiger charge is -2.35. The van der Waals surface area contributed by atoms with Gasteiger partial charge in [-0.25, -0.2) is 4.79 Å². The van der Waals surface area contributed by atoms with Crippen molar-refractivity contribution in [1.29, 1.82) is 0 Å². The summed E-state index contributed by atoms with van der Waals surface area (Å²) < 4.78 is 0. The Morgan fingerprint density at radius 3 is 3.05 bits per heavy atom. The number of hydrogen-bond donors (Lipinski definition) is 3. The summed E-state index contributed by atoms with van der Waals surface area (Å²) in [6.07, 6.45) is 4.42. The fraction of sp³-hybridized carbons (Fsp3) is 0.750. The van der Waals surface area contributed by atoms with Crippen molar-refractivity contribution >= 4 is 22.5 Å². The summed E-state index contributed by atoms with van der Waals surface area (Å²) in [5.41, 5.74) is 5.50. The average Bonchev–Trinajstić information content (AvgIpc) is 2.85. The number of likely N-dealkylation sites (tertiary alicyclic amines) is 1. The van der Waals surface area contributed by atoms with Gasteiger partial charge in [-0.3, -0.25) is 0 Å². The van der Waals surface area contributed by atoms with Gasteiger partial charge in [0, 0.05) is 32.2 Å². The van der Waals surface area contributed by atoms with E-state index in [1.54, 1.807) is 0 Å².